The summed E-state index contributed by atoms with van der Waals surface area (Å²) in [5, 5.41) is 3.64. The molecule has 3 aromatic rings. The zero-order chi connectivity index (χ0) is 24.2. The van der Waals surface area contributed by atoms with Gasteiger partial charge >= 0.3 is 6.03 Å². The number of aromatic nitrogens is 2. The van der Waals surface area contributed by atoms with Gasteiger partial charge in [-0.2, -0.15) is 0 Å². The second-order valence-electron chi connectivity index (χ2n) is 9.11. The number of hydrogen-bond acceptors (Lipinski definition) is 4. The van der Waals surface area contributed by atoms with Crippen molar-refractivity contribution in [2.75, 3.05) is 36.4 Å². The molecule has 34 heavy (non-hydrogen) atoms. The number of rotatable bonds is 4. The predicted molar refractivity (Wildman–Crippen MR) is 140 cm³/mol. The summed E-state index contributed by atoms with van der Waals surface area (Å²) in [4.78, 5) is 27.0. The first kappa shape index (κ1) is 24.0. The summed E-state index contributed by atoms with van der Waals surface area (Å²) in [5.41, 5.74) is 4.89. The van der Waals surface area contributed by atoms with E-state index >= 15 is 0 Å². The number of anilines is 2. The number of hydrogen-bond donors (Lipinski definition) is 1. The molecule has 6 nitrogen and oxygen atoms in total. The SMILES string of the molecule is Cc1ccc(NC(=O)N2CCCN(c3nc(-c4ccccc4)nc(C)c3C(C)C)CC2)cc1Cl. The van der Waals surface area contributed by atoms with Crippen LogP contribution < -0.4 is 10.2 Å². The highest BCUT2D eigenvalue weighted by atomic mass is 35.5. The van der Waals surface area contributed by atoms with Crippen LogP contribution in [-0.2, 0) is 0 Å². The lowest BCUT2D eigenvalue weighted by molar-refractivity contribution is 0.215. The van der Waals surface area contributed by atoms with Crippen LogP contribution in [0.15, 0.2) is 48.5 Å². The predicted octanol–water partition coefficient (Wildman–Crippen LogP) is 6.28. The zero-order valence-electron chi connectivity index (χ0n) is 20.3. The molecule has 0 spiro atoms. The van der Waals surface area contributed by atoms with Gasteiger partial charge in [0.2, 0.25) is 0 Å². The number of carbonyl (C=O) groups excluding carboxylic acids is 1. The van der Waals surface area contributed by atoms with Crippen LogP contribution in [0.3, 0.4) is 0 Å². The normalized spacial score (nSPS) is 14.3. The molecule has 2 heterocycles. The van der Waals surface area contributed by atoms with Crippen molar-refractivity contribution in [2.45, 2.75) is 40.0 Å². The van der Waals surface area contributed by atoms with Gasteiger partial charge in [0.25, 0.3) is 0 Å². The van der Waals surface area contributed by atoms with Crippen LogP contribution in [0.5, 0.6) is 0 Å². The molecule has 1 aliphatic rings. The lowest BCUT2D eigenvalue weighted by Crippen LogP contribution is -2.38. The Morgan fingerprint density at radius 2 is 1.76 bits per heavy atom. The third-order valence-electron chi connectivity index (χ3n) is 6.23. The fraction of sp³-hybridized carbons (Fsp3) is 0.370. The van der Waals surface area contributed by atoms with Gasteiger partial charge in [0.15, 0.2) is 5.82 Å². The van der Waals surface area contributed by atoms with E-state index in [-0.39, 0.29) is 6.03 Å². The van der Waals surface area contributed by atoms with Gasteiger partial charge < -0.3 is 15.1 Å². The summed E-state index contributed by atoms with van der Waals surface area (Å²) in [7, 11) is 0. The van der Waals surface area contributed by atoms with E-state index in [1.807, 2.05) is 54.3 Å². The number of aryl methyl sites for hydroxylation is 2. The first-order valence-electron chi connectivity index (χ1n) is 11.8. The summed E-state index contributed by atoms with van der Waals surface area (Å²) in [6.07, 6.45) is 0.864. The van der Waals surface area contributed by atoms with E-state index in [2.05, 4.69) is 31.0 Å². The van der Waals surface area contributed by atoms with Crippen molar-refractivity contribution in [1.82, 2.24) is 14.9 Å². The topological polar surface area (TPSA) is 61.4 Å². The minimum atomic E-state index is -0.102. The fourth-order valence-corrected chi connectivity index (χ4v) is 4.59. The lowest BCUT2D eigenvalue weighted by Gasteiger charge is -2.27. The van der Waals surface area contributed by atoms with E-state index in [1.165, 1.54) is 5.56 Å². The molecule has 7 heteroatoms. The Kier molecular flexibility index (Phi) is 7.37. The van der Waals surface area contributed by atoms with Gasteiger partial charge in [0.05, 0.1) is 0 Å². The molecule has 1 fully saturated rings. The quantitative estimate of drug-likeness (QED) is 0.480. The molecule has 0 aliphatic carbocycles. The molecule has 1 saturated heterocycles. The lowest BCUT2D eigenvalue weighted by atomic mass is 10.0. The number of urea groups is 1. The monoisotopic (exact) mass is 477 g/mol. The summed E-state index contributed by atoms with van der Waals surface area (Å²) in [6, 6.07) is 15.6. The molecule has 0 bridgehead atoms. The van der Waals surface area contributed by atoms with Crippen molar-refractivity contribution in [3.05, 3.63) is 70.4 Å². The van der Waals surface area contributed by atoms with Gasteiger partial charge in [-0.15, -0.1) is 0 Å². The van der Waals surface area contributed by atoms with Gasteiger partial charge in [-0.3, -0.25) is 0 Å². The largest absolute Gasteiger partial charge is 0.354 e. The minimum Gasteiger partial charge on any atom is -0.354 e. The second kappa shape index (κ2) is 10.4. The molecule has 1 N–H and O–H groups in total. The van der Waals surface area contributed by atoms with Crippen LogP contribution in [0.25, 0.3) is 11.4 Å². The van der Waals surface area contributed by atoms with Crippen LogP contribution in [0.4, 0.5) is 16.3 Å². The molecule has 0 atom stereocenters. The smallest absolute Gasteiger partial charge is 0.321 e. The van der Waals surface area contributed by atoms with Crippen LogP contribution >= 0.6 is 11.6 Å². The Bertz CT molecular complexity index is 1170. The van der Waals surface area contributed by atoms with E-state index in [0.717, 1.165) is 41.4 Å². The average Bonchev–Trinajstić information content (AvgIpc) is 3.08. The van der Waals surface area contributed by atoms with Crippen molar-refractivity contribution in [1.29, 1.82) is 0 Å². The highest BCUT2D eigenvalue weighted by Crippen LogP contribution is 2.31. The van der Waals surface area contributed by atoms with E-state index in [4.69, 9.17) is 21.6 Å². The van der Waals surface area contributed by atoms with Crippen molar-refractivity contribution >= 4 is 29.1 Å². The Morgan fingerprint density at radius 1 is 1.00 bits per heavy atom. The van der Waals surface area contributed by atoms with Gasteiger partial charge in [0, 0.05) is 53.7 Å². The Hall–Kier alpha value is -3.12. The molecule has 4 rings (SSSR count). The van der Waals surface area contributed by atoms with Crippen LogP contribution in [0.1, 0.15) is 43.0 Å². The third kappa shape index (κ3) is 5.33. The number of nitrogens with zero attached hydrogens (tertiary/aromatic N) is 4. The Morgan fingerprint density at radius 3 is 2.47 bits per heavy atom. The first-order chi connectivity index (χ1) is 16.3. The van der Waals surface area contributed by atoms with Crippen LogP contribution in [0.2, 0.25) is 5.02 Å². The Balaban J connectivity index is 1.54. The third-order valence-corrected chi connectivity index (χ3v) is 6.64. The number of carbonyl (C=O) groups is 1. The molecule has 1 aliphatic heterocycles. The van der Waals surface area contributed by atoms with Crippen LogP contribution in [-0.4, -0.2) is 47.1 Å². The van der Waals surface area contributed by atoms with Gasteiger partial charge in [-0.05, 0) is 43.9 Å². The van der Waals surface area contributed by atoms with Gasteiger partial charge in [0.1, 0.15) is 5.82 Å². The maximum absolute atomic E-state index is 13.0. The number of nitrogens with one attached hydrogen (secondary N) is 1. The average molecular weight is 478 g/mol. The molecule has 178 valence electrons. The van der Waals surface area contributed by atoms with Crippen molar-refractivity contribution in [3.8, 4) is 11.4 Å². The fourth-order valence-electron chi connectivity index (χ4n) is 4.41. The number of benzene rings is 2. The van der Waals surface area contributed by atoms with E-state index in [1.54, 1.807) is 6.07 Å². The zero-order valence-corrected chi connectivity index (χ0v) is 21.1. The molecule has 0 radical (unpaired) electrons. The number of halogens is 1. The maximum atomic E-state index is 13.0. The van der Waals surface area contributed by atoms with Gasteiger partial charge in [-0.25, -0.2) is 14.8 Å². The van der Waals surface area contributed by atoms with Crippen molar-refractivity contribution < 1.29 is 4.79 Å². The minimum absolute atomic E-state index is 0.102. The van der Waals surface area contributed by atoms with Crippen molar-refractivity contribution in [2.24, 2.45) is 0 Å². The highest BCUT2D eigenvalue weighted by Gasteiger charge is 2.24. The molecule has 0 unspecified atom stereocenters. The highest BCUT2D eigenvalue weighted by molar-refractivity contribution is 6.31. The summed E-state index contributed by atoms with van der Waals surface area (Å²) in [6.45, 7) is 11.2. The summed E-state index contributed by atoms with van der Waals surface area (Å²) < 4.78 is 0. The summed E-state index contributed by atoms with van der Waals surface area (Å²) >= 11 is 6.22. The van der Waals surface area contributed by atoms with Crippen molar-refractivity contribution in [3.63, 3.8) is 0 Å². The standard InChI is InChI=1S/C27H32ClN5O/c1-18(2)24-20(4)29-25(21-9-6-5-7-10-21)31-26(24)32-13-8-14-33(16-15-32)27(34)30-22-12-11-19(3)23(28)17-22/h5-7,9-12,17-18H,8,13-16H2,1-4H3,(H,30,34). The molecule has 1 aromatic heterocycles. The molecule has 2 amide bonds. The molecular weight excluding hydrogens is 446 g/mol. The molecular formula is C27H32ClN5O. The van der Waals surface area contributed by atoms with E-state index in [9.17, 15) is 4.79 Å². The van der Waals surface area contributed by atoms with Crippen LogP contribution in [0, 0.1) is 13.8 Å². The molecule has 0 saturated carbocycles. The Labute approximate surface area is 207 Å². The number of amides is 2. The second-order valence-corrected chi connectivity index (χ2v) is 9.52. The summed E-state index contributed by atoms with van der Waals surface area (Å²) in [5.74, 6) is 2.02. The van der Waals surface area contributed by atoms with E-state index in [0.29, 0.717) is 36.3 Å². The van der Waals surface area contributed by atoms with Gasteiger partial charge in [-0.1, -0.05) is 61.8 Å². The molecule has 2 aromatic carbocycles. The maximum Gasteiger partial charge on any atom is 0.321 e. The first-order valence-corrected chi connectivity index (χ1v) is 12.2. The van der Waals surface area contributed by atoms with E-state index < -0.39 is 0 Å².